The lowest BCUT2D eigenvalue weighted by Crippen LogP contribution is -2.48. The Balaban J connectivity index is 2.50. The number of nitro groups is 1. The van der Waals surface area contributed by atoms with Crippen molar-refractivity contribution in [2.75, 3.05) is 13.2 Å². The summed E-state index contributed by atoms with van der Waals surface area (Å²) in [6, 6.07) is 5.45. The fourth-order valence-corrected chi connectivity index (χ4v) is 1.67. The highest BCUT2D eigenvalue weighted by molar-refractivity contribution is 7.80. The third-order valence-electron chi connectivity index (χ3n) is 2.57. The maximum absolute atomic E-state index is 12.0. The number of nitrogens with one attached hydrogen (secondary N) is 3. The molecule has 3 N–H and O–H groups in total. The van der Waals surface area contributed by atoms with Crippen LogP contribution in [-0.4, -0.2) is 35.1 Å². The first-order valence-corrected chi connectivity index (χ1v) is 7.07. The highest BCUT2D eigenvalue weighted by atomic mass is 32.1. The molecule has 0 atom stereocenters. The van der Waals surface area contributed by atoms with Gasteiger partial charge in [-0.2, -0.15) is 0 Å². The van der Waals surface area contributed by atoms with E-state index in [1.54, 1.807) is 0 Å². The molecule has 0 saturated carbocycles. The van der Waals surface area contributed by atoms with Gasteiger partial charge in [0.2, 0.25) is 5.91 Å². The van der Waals surface area contributed by atoms with Crippen molar-refractivity contribution in [3.8, 4) is 0 Å². The molecule has 23 heavy (non-hydrogen) atoms. The lowest BCUT2D eigenvalue weighted by molar-refractivity contribution is -0.385. The molecular weight excluding hydrogens is 324 g/mol. The van der Waals surface area contributed by atoms with Gasteiger partial charge in [-0.25, -0.2) is 0 Å². The molecule has 124 valence electrons. The predicted octanol–water partition coefficient (Wildman–Crippen LogP) is 0.657. The maximum atomic E-state index is 12.0. The third kappa shape index (κ3) is 6.36. The summed E-state index contributed by atoms with van der Waals surface area (Å²) in [5.74, 6) is -1.13. The Morgan fingerprint density at radius 3 is 2.65 bits per heavy atom. The highest BCUT2D eigenvalue weighted by Gasteiger charge is 2.19. The van der Waals surface area contributed by atoms with Crippen LogP contribution in [-0.2, 0) is 9.53 Å². The molecule has 0 spiro atoms. The molecule has 9 nitrogen and oxygen atoms in total. The molecule has 0 heterocycles. The van der Waals surface area contributed by atoms with Crippen molar-refractivity contribution in [1.29, 1.82) is 0 Å². The normalized spacial score (nSPS) is 9.78. The van der Waals surface area contributed by atoms with E-state index in [1.807, 2.05) is 6.92 Å². The molecule has 0 aliphatic rings. The molecule has 2 amide bonds. The van der Waals surface area contributed by atoms with E-state index in [-0.39, 0.29) is 35.3 Å². The van der Waals surface area contributed by atoms with Crippen LogP contribution in [0, 0.1) is 10.1 Å². The van der Waals surface area contributed by atoms with Gasteiger partial charge in [0.05, 0.1) is 18.0 Å². The molecule has 0 aromatic heterocycles. The molecule has 0 aliphatic heterocycles. The smallest absolute Gasteiger partial charge is 0.282 e. The zero-order valence-corrected chi connectivity index (χ0v) is 13.1. The first-order valence-electron chi connectivity index (χ1n) is 6.67. The summed E-state index contributed by atoms with van der Waals surface area (Å²) in [6.07, 6.45) is 0.127. The molecular formula is C13H16N4O5S. The van der Waals surface area contributed by atoms with Crippen molar-refractivity contribution in [2.45, 2.75) is 13.3 Å². The average molecular weight is 340 g/mol. The largest absolute Gasteiger partial charge is 0.381 e. The molecule has 0 bridgehead atoms. The first kappa shape index (κ1) is 18.5. The van der Waals surface area contributed by atoms with Gasteiger partial charge in [0.15, 0.2) is 5.11 Å². The molecule has 0 radical (unpaired) electrons. The van der Waals surface area contributed by atoms with Crippen molar-refractivity contribution in [3.05, 3.63) is 39.9 Å². The Morgan fingerprint density at radius 2 is 2.00 bits per heavy atom. The Hall–Kier alpha value is -2.59. The minimum atomic E-state index is -0.752. The highest BCUT2D eigenvalue weighted by Crippen LogP contribution is 2.17. The third-order valence-corrected chi connectivity index (χ3v) is 2.77. The van der Waals surface area contributed by atoms with E-state index in [0.717, 1.165) is 0 Å². The number of hydrogen-bond acceptors (Lipinski definition) is 6. The molecule has 0 fully saturated rings. The first-order chi connectivity index (χ1) is 11.0. The van der Waals surface area contributed by atoms with E-state index in [2.05, 4.69) is 16.2 Å². The quantitative estimate of drug-likeness (QED) is 0.301. The van der Waals surface area contributed by atoms with Crippen molar-refractivity contribution in [2.24, 2.45) is 0 Å². The van der Waals surface area contributed by atoms with Crippen molar-refractivity contribution in [1.82, 2.24) is 16.2 Å². The SMILES string of the molecule is CCOCCC(=O)NNC(=S)NC(=O)c1ccccc1[N+](=O)[O-]. The number of carbonyl (C=O) groups excluding carboxylic acids is 2. The van der Waals surface area contributed by atoms with Crippen LogP contribution in [0.3, 0.4) is 0 Å². The second-order valence-electron chi connectivity index (χ2n) is 4.18. The van der Waals surface area contributed by atoms with Gasteiger partial charge in [-0.05, 0) is 25.2 Å². The number of carbonyl (C=O) groups is 2. The molecule has 0 saturated heterocycles. The van der Waals surface area contributed by atoms with E-state index < -0.39 is 10.8 Å². The number of para-hydroxylation sites is 1. The summed E-state index contributed by atoms with van der Waals surface area (Å²) in [7, 11) is 0. The van der Waals surface area contributed by atoms with Crippen LogP contribution in [0.1, 0.15) is 23.7 Å². The van der Waals surface area contributed by atoms with Crippen LogP contribution in [0.4, 0.5) is 5.69 Å². The number of hydrazine groups is 1. The van der Waals surface area contributed by atoms with Crippen LogP contribution in [0.25, 0.3) is 0 Å². The van der Waals surface area contributed by atoms with Crippen LogP contribution in [0.2, 0.25) is 0 Å². The zero-order valence-electron chi connectivity index (χ0n) is 12.3. The second kappa shape index (κ2) is 9.43. The summed E-state index contributed by atoms with van der Waals surface area (Å²) < 4.78 is 5.01. The van der Waals surface area contributed by atoms with Crippen molar-refractivity contribution < 1.29 is 19.2 Å². The number of nitro benzene ring substituents is 1. The van der Waals surface area contributed by atoms with Gasteiger partial charge in [-0.1, -0.05) is 12.1 Å². The molecule has 1 aromatic carbocycles. The van der Waals surface area contributed by atoms with Crippen LogP contribution in [0.5, 0.6) is 0 Å². The van der Waals surface area contributed by atoms with E-state index in [0.29, 0.717) is 6.61 Å². The van der Waals surface area contributed by atoms with Crippen molar-refractivity contribution in [3.63, 3.8) is 0 Å². The number of amides is 2. The Labute approximate surface area is 137 Å². The zero-order chi connectivity index (χ0) is 17.2. The lowest BCUT2D eigenvalue weighted by Gasteiger charge is -2.10. The minimum absolute atomic E-state index is 0.127. The molecule has 10 heteroatoms. The minimum Gasteiger partial charge on any atom is -0.381 e. The van der Waals surface area contributed by atoms with Gasteiger partial charge in [0.25, 0.3) is 11.6 Å². The van der Waals surface area contributed by atoms with Crippen LogP contribution in [0.15, 0.2) is 24.3 Å². The molecule has 0 unspecified atom stereocenters. The summed E-state index contributed by atoms with van der Waals surface area (Å²) in [5, 5.41) is 12.9. The summed E-state index contributed by atoms with van der Waals surface area (Å²) in [5.41, 5.74) is 4.14. The number of hydrogen-bond donors (Lipinski definition) is 3. The standard InChI is InChI=1S/C13H16N4O5S/c1-2-22-8-7-11(18)15-16-13(23)14-12(19)9-5-3-4-6-10(9)17(20)21/h3-6H,2,7-8H2,1H3,(H,15,18)(H2,14,16,19,23). The molecule has 1 rings (SSSR count). The van der Waals surface area contributed by atoms with Gasteiger partial charge in [-0.15, -0.1) is 0 Å². The Kier molecular flexibility index (Phi) is 7.57. The molecule has 0 aliphatic carbocycles. The van der Waals surface area contributed by atoms with Gasteiger partial charge >= 0.3 is 0 Å². The van der Waals surface area contributed by atoms with E-state index in [4.69, 9.17) is 17.0 Å². The summed E-state index contributed by atoms with van der Waals surface area (Å²) in [6.45, 7) is 2.58. The van der Waals surface area contributed by atoms with Gasteiger partial charge < -0.3 is 4.74 Å². The summed E-state index contributed by atoms with van der Waals surface area (Å²) in [4.78, 5) is 33.6. The fourth-order valence-electron chi connectivity index (χ4n) is 1.52. The second-order valence-corrected chi connectivity index (χ2v) is 4.59. The summed E-state index contributed by atoms with van der Waals surface area (Å²) >= 11 is 4.83. The van der Waals surface area contributed by atoms with Crippen LogP contribution >= 0.6 is 12.2 Å². The van der Waals surface area contributed by atoms with E-state index in [9.17, 15) is 19.7 Å². The van der Waals surface area contributed by atoms with E-state index >= 15 is 0 Å². The average Bonchev–Trinajstić information content (AvgIpc) is 2.53. The Bertz CT molecular complexity index is 608. The van der Waals surface area contributed by atoms with Gasteiger partial charge in [-0.3, -0.25) is 35.9 Å². The Morgan fingerprint density at radius 1 is 1.30 bits per heavy atom. The van der Waals surface area contributed by atoms with Gasteiger partial charge in [0, 0.05) is 12.7 Å². The predicted molar refractivity (Wildman–Crippen MR) is 85.5 cm³/mol. The lowest BCUT2D eigenvalue weighted by atomic mass is 10.1. The maximum Gasteiger partial charge on any atom is 0.282 e. The topological polar surface area (TPSA) is 123 Å². The number of ether oxygens (including phenoxy) is 1. The fraction of sp³-hybridized carbons (Fsp3) is 0.308. The van der Waals surface area contributed by atoms with E-state index in [1.165, 1.54) is 24.3 Å². The number of nitrogens with zero attached hydrogens (tertiary/aromatic N) is 1. The monoisotopic (exact) mass is 340 g/mol. The van der Waals surface area contributed by atoms with Crippen LogP contribution < -0.4 is 16.2 Å². The number of thiocarbonyl (C=S) groups is 1. The van der Waals surface area contributed by atoms with Crippen molar-refractivity contribution >= 4 is 34.8 Å². The number of benzene rings is 1. The van der Waals surface area contributed by atoms with Gasteiger partial charge in [0.1, 0.15) is 5.56 Å². The molecule has 1 aromatic rings. The number of rotatable bonds is 6.